The maximum atomic E-state index is 12.8. The summed E-state index contributed by atoms with van der Waals surface area (Å²) in [5.74, 6) is 2.33. The molecule has 1 aliphatic carbocycles. The first-order valence-corrected chi connectivity index (χ1v) is 10.7. The zero-order valence-corrected chi connectivity index (χ0v) is 17.4. The molecule has 0 aromatic heterocycles. The minimum atomic E-state index is 0. The fraction of sp³-hybridized carbons (Fsp3) is 0.600. The summed E-state index contributed by atoms with van der Waals surface area (Å²) in [7, 11) is 0. The number of hydrogen-bond acceptors (Lipinski definition) is 4. The van der Waals surface area contributed by atoms with Crippen LogP contribution in [0.15, 0.2) is 18.2 Å². The summed E-state index contributed by atoms with van der Waals surface area (Å²) in [4.78, 5) is 27.5. The summed E-state index contributed by atoms with van der Waals surface area (Å²) < 4.78 is 0. The fourth-order valence-corrected chi connectivity index (χ4v) is 5.26. The van der Waals surface area contributed by atoms with Crippen LogP contribution in [0.3, 0.4) is 0 Å². The number of nitrogens with one attached hydrogen (secondary N) is 2. The van der Waals surface area contributed by atoms with Crippen molar-refractivity contribution in [2.24, 2.45) is 11.3 Å². The Kier molecular flexibility index (Phi) is 6.39. The lowest BCUT2D eigenvalue weighted by molar-refractivity contribution is -0.118. The minimum absolute atomic E-state index is 0. The quantitative estimate of drug-likeness (QED) is 0.805. The van der Waals surface area contributed by atoms with Crippen LogP contribution in [0.25, 0.3) is 0 Å². The van der Waals surface area contributed by atoms with Crippen molar-refractivity contribution in [3.63, 3.8) is 0 Å². The highest BCUT2D eigenvalue weighted by atomic mass is 35.5. The molecule has 1 atom stereocenters. The molecule has 1 saturated carbocycles. The normalized spacial score (nSPS) is 23.4. The molecular weight excluding hydrogens is 382 g/mol. The number of benzene rings is 1. The van der Waals surface area contributed by atoms with Gasteiger partial charge in [-0.05, 0) is 62.4 Å². The summed E-state index contributed by atoms with van der Waals surface area (Å²) in [5.41, 5.74) is 2.59. The van der Waals surface area contributed by atoms with Gasteiger partial charge in [0.05, 0.1) is 0 Å². The summed E-state index contributed by atoms with van der Waals surface area (Å²) in [5, 5.41) is 6.48. The second-order valence-corrected chi connectivity index (χ2v) is 8.97. The number of piperidine rings is 1. The van der Waals surface area contributed by atoms with Gasteiger partial charge in [-0.1, -0.05) is 6.07 Å². The molecule has 1 unspecified atom stereocenters. The third-order valence-corrected chi connectivity index (χ3v) is 7.17. The average molecular weight is 410 g/mol. The molecule has 2 amide bonds. The lowest BCUT2D eigenvalue weighted by Gasteiger charge is -2.27. The van der Waals surface area contributed by atoms with Gasteiger partial charge in [-0.3, -0.25) is 9.59 Å². The monoisotopic (exact) mass is 409 g/mol. The van der Waals surface area contributed by atoms with Crippen molar-refractivity contribution in [1.82, 2.24) is 10.2 Å². The molecule has 2 heterocycles. The van der Waals surface area contributed by atoms with Crippen LogP contribution in [0, 0.1) is 18.3 Å². The first-order chi connectivity index (χ1) is 12.6. The maximum Gasteiger partial charge on any atom is 0.254 e. The van der Waals surface area contributed by atoms with E-state index in [0.717, 1.165) is 68.2 Å². The smallest absolute Gasteiger partial charge is 0.254 e. The number of carbonyl (C=O) groups is 2. The SMILES string of the molecule is Cc1c(NC(=O)C2CC23CCNCC3)cccc1C(=O)N1CCSCC1.Cl. The summed E-state index contributed by atoms with van der Waals surface area (Å²) in [6.45, 7) is 5.58. The van der Waals surface area contributed by atoms with E-state index in [4.69, 9.17) is 0 Å². The van der Waals surface area contributed by atoms with Gasteiger partial charge in [0.15, 0.2) is 0 Å². The highest BCUT2D eigenvalue weighted by molar-refractivity contribution is 7.99. The molecule has 2 N–H and O–H groups in total. The Morgan fingerprint density at radius 1 is 1.22 bits per heavy atom. The van der Waals surface area contributed by atoms with Crippen LogP contribution in [0.4, 0.5) is 5.69 Å². The molecule has 3 aliphatic rings. The van der Waals surface area contributed by atoms with Crippen molar-refractivity contribution >= 4 is 41.7 Å². The molecule has 2 aliphatic heterocycles. The van der Waals surface area contributed by atoms with E-state index in [1.54, 1.807) is 0 Å². The van der Waals surface area contributed by atoms with Crippen molar-refractivity contribution in [2.75, 3.05) is 43.0 Å². The van der Waals surface area contributed by atoms with E-state index < -0.39 is 0 Å². The van der Waals surface area contributed by atoms with E-state index in [1.807, 2.05) is 41.8 Å². The molecule has 5 nitrogen and oxygen atoms in total. The van der Waals surface area contributed by atoms with Crippen LogP contribution in [-0.4, -0.2) is 54.4 Å². The third kappa shape index (κ3) is 4.13. The lowest BCUT2D eigenvalue weighted by atomic mass is 9.91. The second kappa shape index (κ2) is 8.41. The van der Waals surface area contributed by atoms with Crippen molar-refractivity contribution in [3.8, 4) is 0 Å². The molecule has 0 radical (unpaired) electrons. The van der Waals surface area contributed by atoms with Crippen LogP contribution in [-0.2, 0) is 4.79 Å². The predicted molar refractivity (Wildman–Crippen MR) is 113 cm³/mol. The highest BCUT2D eigenvalue weighted by Crippen LogP contribution is 2.58. The van der Waals surface area contributed by atoms with E-state index in [2.05, 4.69) is 10.6 Å². The second-order valence-electron chi connectivity index (χ2n) is 7.74. The van der Waals surface area contributed by atoms with Crippen molar-refractivity contribution in [3.05, 3.63) is 29.3 Å². The number of amides is 2. The Morgan fingerprint density at radius 3 is 2.63 bits per heavy atom. The van der Waals surface area contributed by atoms with Crippen LogP contribution < -0.4 is 10.6 Å². The van der Waals surface area contributed by atoms with E-state index in [0.29, 0.717) is 5.56 Å². The topological polar surface area (TPSA) is 61.4 Å². The van der Waals surface area contributed by atoms with E-state index in [-0.39, 0.29) is 35.6 Å². The van der Waals surface area contributed by atoms with Crippen LogP contribution in [0.1, 0.15) is 35.2 Å². The zero-order chi connectivity index (χ0) is 18.1. The molecule has 7 heteroatoms. The van der Waals surface area contributed by atoms with Gasteiger partial charge in [0, 0.05) is 41.8 Å². The summed E-state index contributed by atoms with van der Waals surface area (Å²) >= 11 is 1.89. The summed E-state index contributed by atoms with van der Waals surface area (Å²) in [6, 6.07) is 5.66. The predicted octanol–water partition coefficient (Wildman–Crippen LogP) is 2.93. The maximum absolute atomic E-state index is 12.8. The number of anilines is 1. The van der Waals surface area contributed by atoms with Gasteiger partial charge in [0.1, 0.15) is 0 Å². The van der Waals surface area contributed by atoms with E-state index in [9.17, 15) is 9.59 Å². The number of thioether (sulfide) groups is 1. The van der Waals surface area contributed by atoms with E-state index in [1.165, 1.54) is 0 Å². The van der Waals surface area contributed by atoms with Gasteiger partial charge in [-0.2, -0.15) is 11.8 Å². The van der Waals surface area contributed by atoms with Crippen LogP contribution in [0.5, 0.6) is 0 Å². The van der Waals surface area contributed by atoms with Crippen molar-refractivity contribution in [2.45, 2.75) is 26.2 Å². The van der Waals surface area contributed by atoms with Gasteiger partial charge in [0.25, 0.3) is 5.91 Å². The third-order valence-electron chi connectivity index (χ3n) is 6.23. The van der Waals surface area contributed by atoms with Crippen LogP contribution in [0.2, 0.25) is 0 Å². The Hall–Kier alpha value is -1.24. The molecule has 1 aromatic carbocycles. The van der Waals surface area contributed by atoms with E-state index >= 15 is 0 Å². The first kappa shape index (κ1) is 20.5. The summed E-state index contributed by atoms with van der Waals surface area (Å²) in [6.07, 6.45) is 3.19. The largest absolute Gasteiger partial charge is 0.337 e. The number of nitrogens with zero attached hydrogens (tertiary/aromatic N) is 1. The number of hydrogen-bond donors (Lipinski definition) is 2. The van der Waals surface area contributed by atoms with Gasteiger partial charge in [-0.15, -0.1) is 12.4 Å². The standard InChI is InChI=1S/C20H27N3O2S.ClH/c1-14-15(19(25)23-9-11-26-12-10-23)3-2-4-17(14)22-18(24)16-13-20(16)5-7-21-8-6-20;/h2-4,16,21H,5-13H2,1H3,(H,22,24);1H. The highest BCUT2D eigenvalue weighted by Gasteiger charge is 2.57. The fourth-order valence-electron chi connectivity index (χ4n) is 4.36. The molecule has 27 heavy (non-hydrogen) atoms. The lowest BCUT2D eigenvalue weighted by Crippen LogP contribution is -2.38. The Morgan fingerprint density at radius 2 is 1.93 bits per heavy atom. The molecular formula is C20H28ClN3O2S. The Labute approximate surface area is 171 Å². The van der Waals surface area contributed by atoms with Crippen molar-refractivity contribution < 1.29 is 9.59 Å². The average Bonchev–Trinajstić information content (AvgIpc) is 3.37. The molecule has 148 valence electrons. The Bertz CT molecular complexity index is 715. The van der Waals surface area contributed by atoms with Crippen molar-refractivity contribution in [1.29, 1.82) is 0 Å². The molecule has 1 spiro atoms. The van der Waals surface area contributed by atoms with Gasteiger partial charge in [-0.25, -0.2) is 0 Å². The minimum Gasteiger partial charge on any atom is -0.337 e. The van der Waals surface area contributed by atoms with Crippen LogP contribution >= 0.6 is 24.2 Å². The molecule has 0 bridgehead atoms. The number of rotatable bonds is 3. The molecule has 4 rings (SSSR count). The molecule has 3 fully saturated rings. The van der Waals surface area contributed by atoms with Gasteiger partial charge >= 0.3 is 0 Å². The molecule has 2 saturated heterocycles. The molecule has 1 aromatic rings. The zero-order valence-electron chi connectivity index (χ0n) is 15.8. The number of halogens is 1. The Balaban J connectivity index is 0.00000210. The van der Waals surface area contributed by atoms with Gasteiger partial charge < -0.3 is 15.5 Å². The first-order valence-electron chi connectivity index (χ1n) is 9.59. The number of carbonyl (C=O) groups excluding carboxylic acids is 2. The van der Waals surface area contributed by atoms with Gasteiger partial charge in [0.2, 0.25) is 5.91 Å².